The third-order valence-electron chi connectivity index (χ3n) is 3.32. The lowest BCUT2D eigenvalue weighted by molar-refractivity contribution is 0.603. The Morgan fingerprint density at radius 3 is 3.22 bits per heavy atom. The summed E-state index contributed by atoms with van der Waals surface area (Å²) in [6, 6.07) is 4.29. The average molecular weight is 279 g/mol. The first-order valence-electron chi connectivity index (χ1n) is 6.26. The number of nitrogens with two attached hydrogens (primary N) is 1. The van der Waals surface area contributed by atoms with Gasteiger partial charge in [-0.2, -0.15) is 16.9 Å². The molecule has 0 spiro atoms. The second kappa shape index (κ2) is 5.07. The van der Waals surface area contributed by atoms with E-state index in [-0.39, 0.29) is 6.04 Å². The van der Waals surface area contributed by atoms with Crippen LogP contribution in [0.3, 0.4) is 0 Å². The van der Waals surface area contributed by atoms with E-state index in [1.165, 1.54) is 27.5 Å². The minimum atomic E-state index is -0.0342. The molecular formula is C13H17N3S2. The zero-order chi connectivity index (χ0) is 12.5. The van der Waals surface area contributed by atoms with Crippen LogP contribution in [0, 0.1) is 0 Å². The maximum atomic E-state index is 6.39. The Balaban J connectivity index is 1.92. The maximum Gasteiger partial charge on any atom is 0.0817 e. The van der Waals surface area contributed by atoms with E-state index in [9.17, 15) is 0 Å². The highest BCUT2D eigenvalue weighted by atomic mass is 32.2. The number of nitrogens with zero attached hydrogens (tertiary/aromatic N) is 2. The van der Waals surface area contributed by atoms with Gasteiger partial charge >= 0.3 is 0 Å². The minimum absolute atomic E-state index is 0.0342. The number of thiophene rings is 1. The van der Waals surface area contributed by atoms with Crippen LogP contribution in [0.1, 0.15) is 34.0 Å². The molecule has 96 valence electrons. The fraction of sp³-hybridized carbons (Fsp3) is 0.462. The number of hydrogen-bond donors (Lipinski definition) is 1. The standard InChI is InChI=1S/C13H17N3S2/c1-2-16-10(3-5-15-16)13(14)12-7-9-8-17-6-4-11(9)18-12/h3,5,7,13H,2,4,6,8,14H2,1H3. The van der Waals surface area contributed by atoms with Crippen molar-refractivity contribution in [1.29, 1.82) is 0 Å². The summed E-state index contributed by atoms with van der Waals surface area (Å²) in [5, 5.41) is 4.30. The van der Waals surface area contributed by atoms with E-state index >= 15 is 0 Å². The number of aromatic nitrogens is 2. The molecule has 3 rings (SSSR count). The summed E-state index contributed by atoms with van der Waals surface area (Å²) in [5.41, 5.74) is 9.00. The van der Waals surface area contributed by atoms with Crippen LogP contribution in [-0.4, -0.2) is 15.5 Å². The fourth-order valence-corrected chi connectivity index (χ4v) is 4.73. The molecule has 5 heteroatoms. The van der Waals surface area contributed by atoms with Crippen LogP contribution < -0.4 is 5.73 Å². The largest absolute Gasteiger partial charge is 0.318 e. The van der Waals surface area contributed by atoms with Gasteiger partial charge in [-0.3, -0.25) is 4.68 Å². The van der Waals surface area contributed by atoms with E-state index in [4.69, 9.17) is 5.73 Å². The Morgan fingerprint density at radius 2 is 2.44 bits per heavy atom. The van der Waals surface area contributed by atoms with Crippen molar-refractivity contribution in [2.75, 3.05) is 5.75 Å². The Kier molecular flexibility index (Phi) is 3.46. The zero-order valence-electron chi connectivity index (χ0n) is 10.4. The van der Waals surface area contributed by atoms with Gasteiger partial charge in [0.1, 0.15) is 0 Å². The summed E-state index contributed by atoms with van der Waals surface area (Å²) < 4.78 is 1.98. The van der Waals surface area contributed by atoms with Crippen LogP contribution in [0.4, 0.5) is 0 Å². The highest BCUT2D eigenvalue weighted by Crippen LogP contribution is 2.35. The van der Waals surface area contributed by atoms with Crippen molar-refractivity contribution in [3.8, 4) is 0 Å². The molecule has 18 heavy (non-hydrogen) atoms. The zero-order valence-corrected chi connectivity index (χ0v) is 12.1. The molecule has 0 radical (unpaired) electrons. The molecule has 1 atom stereocenters. The lowest BCUT2D eigenvalue weighted by atomic mass is 10.1. The van der Waals surface area contributed by atoms with Gasteiger partial charge in [0.2, 0.25) is 0 Å². The molecule has 3 nitrogen and oxygen atoms in total. The first-order valence-corrected chi connectivity index (χ1v) is 8.23. The summed E-state index contributed by atoms with van der Waals surface area (Å²) in [4.78, 5) is 2.81. The number of hydrogen-bond acceptors (Lipinski definition) is 4. The second-order valence-electron chi connectivity index (χ2n) is 4.45. The molecule has 2 aromatic rings. The monoisotopic (exact) mass is 279 g/mol. The van der Waals surface area contributed by atoms with Gasteiger partial charge in [-0.1, -0.05) is 0 Å². The van der Waals surface area contributed by atoms with Crippen LogP contribution in [-0.2, 0) is 18.7 Å². The van der Waals surface area contributed by atoms with Crippen LogP contribution in [0.5, 0.6) is 0 Å². The van der Waals surface area contributed by atoms with Gasteiger partial charge in [0.15, 0.2) is 0 Å². The van der Waals surface area contributed by atoms with Gasteiger partial charge in [0, 0.05) is 28.2 Å². The average Bonchev–Trinajstić information content (AvgIpc) is 3.03. The highest BCUT2D eigenvalue weighted by Gasteiger charge is 2.20. The normalized spacial score (nSPS) is 16.6. The van der Waals surface area contributed by atoms with Crippen molar-refractivity contribution < 1.29 is 0 Å². The fourth-order valence-electron chi connectivity index (χ4n) is 2.34. The quantitative estimate of drug-likeness (QED) is 0.939. The summed E-state index contributed by atoms with van der Waals surface area (Å²) in [7, 11) is 0. The smallest absolute Gasteiger partial charge is 0.0817 e. The summed E-state index contributed by atoms with van der Waals surface area (Å²) >= 11 is 3.90. The Bertz CT molecular complexity index is 521. The lowest BCUT2D eigenvalue weighted by Crippen LogP contribution is -2.16. The van der Waals surface area contributed by atoms with E-state index in [1.54, 1.807) is 0 Å². The van der Waals surface area contributed by atoms with Crippen molar-refractivity contribution in [3.63, 3.8) is 0 Å². The topological polar surface area (TPSA) is 43.8 Å². The van der Waals surface area contributed by atoms with E-state index in [0.717, 1.165) is 18.0 Å². The van der Waals surface area contributed by atoms with Crippen molar-refractivity contribution in [2.45, 2.75) is 31.7 Å². The SMILES string of the molecule is CCn1nccc1C(N)c1cc2c(s1)CCSC2. The van der Waals surface area contributed by atoms with Crippen molar-refractivity contribution >= 4 is 23.1 Å². The number of aryl methyl sites for hydroxylation is 2. The lowest BCUT2D eigenvalue weighted by Gasteiger charge is -2.11. The van der Waals surface area contributed by atoms with Crippen molar-refractivity contribution in [2.24, 2.45) is 5.73 Å². The molecule has 0 bridgehead atoms. The molecule has 0 saturated heterocycles. The van der Waals surface area contributed by atoms with E-state index in [1.807, 2.05) is 40.0 Å². The Labute approximate surface area is 115 Å². The van der Waals surface area contributed by atoms with Crippen molar-refractivity contribution in [1.82, 2.24) is 9.78 Å². The molecular weight excluding hydrogens is 262 g/mol. The molecule has 2 aromatic heterocycles. The molecule has 2 N–H and O–H groups in total. The molecule has 1 aliphatic rings. The minimum Gasteiger partial charge on any atom is -0.318 e. The number of rotatable bonds is 3. The number of thioether (sulfide) groups is 1. The molecule has 0 fully saturated rings. The van der Waals surface area contributed by atoms with Gasteiger partial charge in [-0.05, 0) is 36.8 Å². The predicted molar refractivity (Wildman–Crippen MR) is 78.1 cm³/mol. The van der Waals surface area contributed by atoms with Gasteiger partial charge in [0.25, 0.3) is 0 Å². The van der Waals surface area contributed by atoms with Crippen LogP contribution >= 0.6 is 23.1 Å². The molecule has 0 saturated carbocycles. The van der Waals surface area contributed by atoms with Gasteiger partial charge < -0.3 is 5.73 Å². The third-order valence-corrected chi connectivity index (χ3v) is 5.65. The van der Waals surface area contributed by atoms with Gasteiger partial charge in [0.05, 0.1) is 11.7 Å². The Hall–Kier alpha value is -0.780. The van der Waals surface area contributed by atoms with Crippen LogP contribution in [0.2, 0.25) is 0 Å². The molecule has 1 unspecified atom stereocenters. The molecule has 3 heterocycles. The van der Waals surface area contributed by atoms with Gasteiger partial charge in [-0.15, -0.1) is 11.3 Å². The summed E-state index contributed by atoms with van der Waals surface area (Å²) in [6.07, 6.45) is 3.03. The van der Waals surface area contributed by atoms with E-state index in [0.29, 0.717) is 0 Å². The van der Waals surface area contributed by atoms with E-state index in [2.05, 4.69) is 18.1 Å². The van der Waals surface area contributed by atoms with E-state index < -0.39 is 0 Å². The summed E-state index contributed by atoms with van der Waals surface area (Å²) in [5.74, 6) is 2.39. The second-order valence-corrected chi connectivity index (χ2v) is 6.72. The molecule has 0 amide bonds. The van der Waals surface area contributed by atoms with Crippen molar-refractivity contribution in [3.05, 3.63) is 39.3 Å². The molecule has 0 aromatic carbocycles. The molecule has 1 aliphatic heterocycles. The predicted octanol–water partition coefficient (Wildman–Crippen LogP) is 2.80. The van der Waals surface area contributed by atoms with Crippen LogP contribution in [0.25, 0.3) is 0 Å². The maximum absolute atomic E-state index is 6.39. The third kappa shape index (κ3) is 2.11. The summed E-state index contributed by atoms with van der Waals surface area (Å²) in [6.45, 7) is 2.97. The first-order chi connectivity index (χ1) is 8.79. The van der Waals surface area contributed by atoms with Crippen LogP contribution in [0.15, 0.2) is 18.3 Å². The Morgan fingerprint density at radius 1 is 1.56 bits per heavy atom. The van der Waals surface area contributed by atoms with Gasteiger partial charge in [-0.25, -0.2) is 0 Å². The molecule has 0 aliphatic carbocycles. The number of fused-ring (bicyclic) bond motifs is 1. The highest BCUT2D eigenvalue weighted by molar-refractivity contribution is 7.98. The first kappa shape index (κ1) is 12.3.